The number of carbonyl (C=O) groups is 2. The van der Waals surface area contributed by atoms with Gasteiger partial charge < -0.3 is 10.5 Å². The molecule has 0 radical (unpaired) electrons. The van der Waals surface area contributed by atoms with E-state index in [1.807, 2.05) is 36.4 Å². The van der Waals surface area contributed by atoms with Crippen LogP contribution in [0.25, 0.3) is 10.8 Å². The van der Waals surface area contributed by atoms with Crippen molar-refractivity contribution in [2.24, 2.45) is 5.73 Å². The summed E-state index contributed by atoms with van der Waals surface area (Å²) in [4.78, 5) is 24.9. The Morgan fingerprint density at radius 1 is 1.26 bits per heavy atom. The highest BCUT2D eigenvalue weighted by Gasteiger charge is 2.21. The number of amides is 2. The Bertz CT molecular complexity index is 725. The van der Waals surface area contributed by atoms with Gasteiger partial charge in [0.25, 0.3) is 0 Å². The molecule has 0 aromatic heterocycles. The quantitative estimate of drug-likeness (QED) is 0.917. The molecule has 2 amide bonds. The molecule has 1 atom stereocenters. The maximum atomic E-state index is 12.0. The molecule has 0 saturated heterocycles. The summed E-state index contributed by atoms with van der Waals surface area (Å²) in [6.45, 7) is 3.28. The number of methoxy groups -OCH3 is 1. The van der Waals surface area contributed by atoms with Crippen LogP contribution < -0.4 is 10.5 Å². The Morgan fingerprint density at radius 2 is 2.00 bits per heavy atom. The Kier molecular flexibility index (Phi) is 5.34. The van der Waals surface area contributed by atoms with Crippen molar-refractivity contribution in [3.05, 3.63) is 42.0 Å². The standard InChI is InChI=1S/C18H22N2O3/c1-12(19)18(22)20(13(2)21)10-9-15-6-4-5-14-7-8-16(23-3)11-17(14)15/h4-8,11-12H,9-10,19H2,1-3H3. The number of ether oxygens (including phenoxy) is 1. The van der Waals surface area contributed by atoms with Gasteiger partial charge in [-0.1, -0.05) is 24.3 Å². The first-order valence-electron chi connectivity index (χ1n) is 7.57. The van der Waals surface area contributed by atoms with Gasteiger partial charge in [-0.2, -0.15) is 0 Å². The summed E-state index contributed by atoms with van der Waals surface area (Å²) in [5.74, 6) is 0.139. The summed E-state index contributed by atoms with van der Waals surface area (Å²) in [5.41, 5.74) is 6.67. The minimum atomic E-state index is -0.688. The molecule has 0 aliphatic carbocycles. The lowest BCUT2D eigenvalue weighted by Gasteiger charge is -2.21. The van der Waals surface area contributed by atoms with Crippen LogP contribution in [0.2, 0.25) is 0 Å². The third-order valence-corrected chi connectivity index (χ3v) is 3.82. The average Bonchev–Trinajstić information content (AvgIpc) is 2.54. The third-order valence-electron chi connectivity index (χ3n) is 3.82. The number of hydrogen-bond acceptors (Lipinski definition) is 4. The smallest absolute Gasteiger partial charge is 0.245 e. The lowest BCUT2D eigenvalue weighted by molar-refractivity contribution is -0.144. The zero-order chi connectivity index (χ0) is 17.0. The predicted molar refractivity (Wildman–Crippen MR) is 90.2 cm³/mol. The number of imide groups is 1. The summed E-state index contributed by atoms with van der Waals surface area (Å²) in [5, 5.41) is 2.15. The Hall–Kier alpha value is -2.40. The van der Waals surface area contributed by atoms with E-state index in [0.717, 1.165) is 22.1 Å². The summed E-state index contributed by atoms with van der Waals surface area (Å²) in [7, 11) is 1.63. The summed E-state index contributed by atoms with van der Waals surface area (Å²) in [6.07, 6.45) is 0.572. The van der Waals surface area contributed by atoms with E-state index in [9.17, 15) is 9.59 Å². The highest BCUT2D eigenvalue weighted by molar-refractivity contribution is 5.96. The second kappa shape index (κ2) is 7.24. The minimum Gasteiger partial charge on any atom is -0.497 e. The van der Waals surface area contributed by atoms with Crippen LogP contribution in [0.15, 0.2) is 36.4 Å². The maximum absolute atomic E-state index is 12.0. The van der Waals surface area contributed by atoms with Gasteiger partial charge in [-0.05, 0) is 41.8 Å². The topological polar surface area (TPSA) is 72.6 Å². The number of nitrogens with zero attached hydrogens (tertiary/aromatic N) is 1. The molecule has 0 spiro atoms. The van der Waals surface area contributed by atoms with Crippen molar-refractivity contribution in [1.82, 2.24) is 4.90 Å². The van der Waals surface area contributed by atoms with Crippen molar-refractivity contribution in [2.75, 3.05) is 13.7 Å². The monoisotopic (exact) mass is 314 g/mol. The van der Waals surface area contributed by atoms with Crippen molar-refractivity contribution < 1.29 is 14.3 Å². The van der Waals surface area contributed by atoms with Gasteiger partial charge in [-0.25, -0.2) is 0 Å². The molecule has 0 heterocycles. The highest BCUT2D eigenvalue weighted by atomic mass is 16.5. The van der Waals surface area contributed by atoms with Crippen LogP contribution in [-0.4, -0.2) is 36.4 Å². The van der Waals surface area contributed by atoms with E-state index in [-0.39, 0.29) is 11.8 Å². The second-order valence-corrected chi connectivity index (χ2v) is 5.55. The van der Waals surface area contributed by atoms with Crippen molar-refractivity contribution in [2.45, 2.75) is 26.3 Å². The first-order valence-corrected chi connectivity index (χ1v) is 7.57. The number of carbonyl (C=O) groups excluding carboxylic acids is 2. The van der Waals surface area contributed by atoms with Crippen molar-refractivity contribution in [3.63, 3.8) is 0 Å². The highest BCUT2D eigenvalue weighted by Crippen LogP contribution is 2.24. The number of rotatable bonds is 5. The molecule has 0 bridgehead atoms. The summed E-state index contributed by atoms with van der Waals surface area (Å²) < 4.78 is 5.28. The van der Waals surface area contributed by atoms with Crippen LogP contribution in [-0.2, 0) is 16.0 Å². The van der Waals surface area contributed by atoms with Gasteiger partial charge in [0, 0.05) is 13.5 Å². The molecule has 5 heteroatoms. The van der Waals surface area contributed by atoms with Gasteiger partial charge >= 0.3 is 0 Å². The number of benzene rings is 2. The van der Waals surface area contributed by atoms with Gasteiger partial charge in [0.1, 0.15) is 5.75 Å². The fraction of sp³-hybridized carbons (Fsp3) is 0.333. The van der Waals surface area contributed by atoms with Gasteiger partial charge in [0.15, 0.2) is 0 Å². The van der Waals surface area contributed by atoms with Crippen LogP contribution >= 0.6 is 0 Å². The molecular weight excluding hydrogens is 292 g/mol. The number of nitrogens with two attached hydrogens (primary N) is 1. The van der Waals surface area contributed by atoms with Crippen LogP contribution in [0.1, 0.15) is 19.4 Å². The van der Waals surface area contributed by atoms with E-state index in [4.69, 9.17) is 10.5 Å². The molecule has 2 aromatic carbocycles. The van der Waals surface area contributed by atoms with Crippen LogP contribution in [0.5, 0.6) is 5.75 Å². The van der Waals surface area contributed by atoms with E-state index in [2.05, 4.69) is 0 Å². The first kappa shape index (κ1) is 17.0. The Balaban J connectivity index is 2.27. The molecule has 2 N–H and O–H groups in total. The van der Waals surface area contributed by atoms with Gasteiger partial charge in [0.2, 0.25) is 11.8 Å². The molecule has 2 aromatic rings. The Labute approximate surface area is 136 Å². The minimum absolute atomic E-state index is 0.287. The van der Waals surface area contributed by atoms with Gasteiger partial charge in [-0.15, -0.1) is 0 Å². The molecule has 23 heavy (non-hydrogen) atoms. The summed E-state index contributed by atoms with van der Waals surface area (Å²) >= 11 is 0. The lowest BCUT2D eigenvalue weighted by Crippen LogP contribution is -2.45. The number of fused-ring (bicyclic) bond motifs is 1. The molecule has 0 aliphatic heterocycles. The third kappa shape index (κ3) is 3.87. The van der Waals surface area contributed by atoms with Crippen molar-refractivity contribution >= 4 is 22.6 Å². The SMILES string of the molecule is COc1ccc2cccc(CCN(C(C)=O)C(=O)C(C)N)c2c1. The zero-order valence-corrected chi connectivity index (χ0v) is 13.7. The molecule has 0 saturated carbocycles. The summed E-state index contributed by atoms with van der Waals surface area (Å²) in [6, 6.07) is 11.2. The van der Waals surface area contributed by atoms with E-state index < -0.39 is 6.04 Å². The van der Waals surface area contributed by atoms with Gasteiger partial charge in [0.05, 0.1) is 13.2 Å². The maximum Gasteiger partial charge on any atom is 0.245 e. The number of hydrogen-bond donors (Lipinski definition) is 1. The van der Waals surface area contributed by atoms with Gasteiger partial charge in [-0.3, -0.25) is 14.5 Å². The van der Waals surface area contributed by atoms with Crippen LogP contribution in [0, 0.1) is 0 Å². The molecule has 2 rings (SSSR count). The average molecular weight is 314 g/mol. The molecule has 0 aliphatic rings. The fourth-order valence-electron chi connectivity index (χ4n) is 2.56. The lowest BCUT2D eigenvalue weighted by atomic mass is 10.0. The van der Waals surface area contributed by atoms with Crippen LogP contribution in [0.4, 0.5) is 0 Å². The molecule has 5 nitrogen and oxygen atoms in total. The molecular formula is C18H22N2O3. The molecule has 122 valence electrons. The second-order valence-electron chi connectivity index (χ2n) is 5.55. The van der Waals surface area contributed by atoms with E-state index >= 15 is 0 Å². The largest absolute Gasteiger partial charge is 0.497 e. The molecule has 0 fully saturated rings. The zero-order valence-electron chi connectivity index (χ0n) is 13.7. The fourth-order valence-corrected chi connectivity index (χ4v) is 2.56. The normalized spacial score (nSPS) is 12.0. The van der Waals surface area contributed by atoms with E-state index in [1.54, 1.807) is 14.0 Å². The van der Waals surface area contributed by atoms with E-state index in [1.165, 1.54) is 11.8 Å². The molecule has 1 unspecified atom stereocenters. The Morgan fingerprint density at radius 3 is 2.61 bits per heavy atom. The van der Waals surface area contributed by atoms with Crippen molar-refractivity contribution in [1.29, 1.82) is 0 Å². The van der Waals surface area contributed by atoms with Crippen molar-refractivity contribution in [3.8, 4) is 5.75 Å². The van der Waals surface area contributed by atoms with E-state index in [0.29, 0.717) is 13.0 Å². The first-order chi connectivity index (χ1) is 10.9. The predicted octanol–water partition coefficient (Wildman–Crippen LogP) is 2.11. The van der Waals surface area contributed by atoms with Crippen LogP contribution in [0.3, 0.4) is 0 Å².